The highest BCUT2D eigenvalue weighted by molar-refractivity contribution is 5.94. The van der Waals surface area contributed by atoms with Crippen LogP contribution in [0.3, 0.4) is 0 Å². The Bertz CT molecular complexity index is 995. The number of carbonyl (C=O) groups excluding carboxylic acids is 1. The molecule has 0 aliphatic carbocycles. The van der Waals surface area contributed by atoms with Crippen LogP contribution < -0.4 is 14.4 Å². The first kappa shape index (κ1) is 21.3. The molecule has 0 radical (unpaired) electrons. The van der Waals surface area contributed by atoms with Crippen molar-refractivity contribution in [3.8, 4) is 17.2 Å². The number of para-hydroxylation sites is 1. The summed E-state index contributed by atoms with van der Waals surface area (Å²) < 4.78 is 38.9. The van der Waals surface area contributed by atoms with Crippen LogP contribution in [0.25, 0.3) is 0 Å². The number of hydrogen-bond acceptors (Lipinski definition) is 3. The molecule has 0 spiro atoms. The van der Waals surface area contributed by atoms with Crippen LogP contribution in [0, 0.1) is 5.82 Å². The van der Waals surface area contributed by atoms with Crippen LogP contribution in [-0.4, -0.2) is 19.7 Å². The zero-order valence-electron chi connectivity index (χ0n) is 16.8. The molecular formula is C24H23F2NO3. The lowest BCUT2D eigenvalue weighted by atomic mass is 10.0. The molecule has 30 heavy (non-hydrogen) atoms. The molecule has 6 heteroatoms. The van der Waals surface area contributed by atoms with E-state index in [-0.39, 0.29) is 18.0 Å². The lowest BCUT2D eigenvalue weighted by molar-refractivity contribution is -0.117. The normalized spacial score (nSPS) is 11.6. The minimum absolute atomic E-state index is 0.0358. The van der Waals surface area contributed by atoms with Gasteiger partial charge in [-0.2, -0.15) is 0 Å². The molecule has 3 aromatic carbocycles. The molecule has 0 bridgehead atoms. The molecule has 0 aliphatic rings. The summed E-state index contributed by atoms with van der Waals surface area (Å²) in [7, 11) is 1.53. The molecule has 1 unspecified atom stereocenters. The number of rotatable bonds is 8. The molecule has 156 valence electrons. The van der Waals surface area contributed by atoms with Crippen molar-refractivity contribution in [3.05, 3.63) is 84.2 Å². The number of methoxy groups -OCH3 is 1. The third-order valence-corrected chi connectivity index (χ3v) is 4.66. The Morgan fingerprint density at radius 2 is 1.73 bits per heavy atom. The van der Waals surface area contributed by atoms with E-state index in [0.29, 0.717) is 22.8 Å². The maximum atomic E-state index is 14.2. The monoisotopic (exact) mass is 410 g/mol. The number of ether oxygens (including phenoxy) is 2. The van der Waals surface area contributed by atoms with Crippen molar-refractivity contribution in [2.24, 2.45) is 0 Å². The van der Waals surface area contributed by atoms with Gasteiger partial charge in [0.1, 0.15) is 17.3 Å². The Balaban J connectivity index is 2.09. The molecule has 1 amide bonds. The fourth-order valence-electron chi connectivity index (χ4n) is 3.33. The highest BCUT2D eigenvalue weighted by atomic mass is 19.1. The lowest BCUT2D eigenvalue weighted by Crippen LogP contribution is -2.34. The Kier molecular flexibility index (Phi) is 7.01. The average Bonchev–Trinajstić information content (AvgIpc) is 2.75. The van der Waals surface area contributed by atoms with Crippen molar-refractivity contribution in [2.75, 3.05) is 18.7 Å². The van der Waals surface area contributed by atoms with Gasteiger partial charge in [-0.05, 0) is 42.0 Å². The van der Waals surface area contributed by atoms with E-state index in [4.69, 9.17) is 9.47 Å². The number of halogens is 2. The highest BCUT2D eigenvalue weighted by Crippen LogP contribution is 2.39. The third kappa shape index (κ3) is 4.95. The van der Waals surface area contributed by atoms with Gasteiger partial charge in [-0.1, -0.05) is 30.3 Å². The SMILES string of the molecule is COc1cccc(C(CC[18F])N(C(C)=O)c2cc(F)ccc2Oc2ccccc2)c1. The standard InChI is InChI=1S/C24H23F2NO3/c1-17(28)27(22(13-14-25)18-7-6-10-21(15-18)29-2)23-16-19(26)11-12-24(23)30-20-8-4-3-5-9-20/h3-12,15-16,22H,13-14H2,1-2H3/i25-1. The first-order valence-electron chi connectivity index (χ1n) is 9.55. The Morgan fingerprint density at radius 1 is 1.00 bits per heavy atom. The Hall–Kier alpha value is -3.41. The van der Waals surface area contributed by atoms with E-state index in [0.717, 1.165) is 0 Å². The molecule has 0 saturated heterocycles. The molecule has 3 aromatic rings. The number of amides is 1. The predicted octanol–water partition coefficient (Wildman–Crippen LogP) is 6.08. The first-order valence-corrected chi connectivity index (χ1v) is 9.55. The number of nitrogens with zero attached hydrogens (tertiary/aromatic N) is 1. The molecule has 0 aliphatic heterocycles. The number of benzene rings is 3. The van der Waals surface area contributed by atoms with E-state index in [1.54, 1.807) is 36.4 Å². The van der Waals surface area contributed by atoms with Gasteiger partial charge in [0.05, 0.1) is 25.5 Å². The van der Waals surface area contributed by atoms with Gasteiger partial charge in [-0.15, -0.1) is 0 Å². The fourth-order valence-corrected chi connectivity index (χ4v) is 3.33. The minimum Gasteiger partial charge on any atom is -0.497 e. The molecule has 0 saturated carbocycles. The van der Waals surface area contributed by atoms with Crippen LogP contribution in [0.2, 0.25) is 0 Å². The van der Waals surface area contributed by atoms with Crippen molar-refractivity contribution in [2.45, 2.75) is 19.4 Å². The summed E-state index contributed by atoms with van der Waals surface area (Å²) in [6, 6.07) is 19.3. The van der Waals surface area contributed by atoms with Crippen molar-refractivity contribution in [3.63, 3.8) is 0 Å². The third-order valence-electron chi connectivity index (χ3n) is 4.66. The number of carbonyl (C=O) groups is 1. The van der Waals surface area contributed by atoms with Crippen molar-refractivity contribution in [1.82, 2.24) is 0 Å². The lowest BCUT2D eigenvalue weighted by Gasteiger charge is -2.32. The predicted molar refractivity (Wildman–Crippen MR) is 112 cm³/mol. The molecule has 0 N–H and O–H groups in total. The zero-order valence-corrected chi connectivity index (χ0v) is 16.8. The number of anilines is 1. The smallest absolute Gasteiger partial charge is 0.224 e. The second-order valence-electron chi connectivity index (χ2n) is 6.69. The zero-order chi connectivity index (χ0) is 21.5. The second-order valence-corrected chi connectivity index (χ2v) is 6.69. The van der Waals surface area contributed by atoms with E-state index < -0.39 is 18.5 Å². The highest BCUT2D eigenvalue weighted by Gasteiger charge is 2.28. The van der Waals surface area contributed by atoms with Crippen molar-refractivity contribution < 1.29 is 23.0 Å². The van der Waals surface area contributed by atoms with Gasteiger partial charge in [-0.25, -0.2) is 4.39 Å². The summed E-state index contributed by atoms with van der Waals surface area (Å²) in [5.74, 6) is 0.530. The van der Waals surface area contributed by atoms with E-state index in [2.05, 4.69) is 0 Å². The van der Waals surface area contributed by atoms with Gasteiger partial charge < -0.3 is 14.4 Å². The van der Waals surface area contributed by atoms with Crippen LogP contribution in [0.5, 0.6) is 17.2 Å². The van der Waals surface area contributed by atoms with E-state index in [9.17, 15) is 13.6 Å². The summed E-state index contributed by atoms with van der Waals surface area (Å²) in [6.45, 7) is 0.707. The molecule has 3 rings (SSSR count). The largest absolute Gasteiger partial charge is 0.497 e. The second kappa shape index (κ2) is 9.87. The summed E-state index contributed by atoms with van der Waals surface area (Å²) >= 11 is 0. The van der Waals surface area contributed by atoms with Crippen LogP contribution in [0.4, 0.5) is 14.5 Å². The van der Waals surface area contributed by atoms with Crippen molar-refractivity contribution >= 4 is 11.6 Å². The maximum absolute atomic E-state index is 14.2. The molecule has 0 heterocycles. The molecule has 0 aromatic heterocycles. The molecule has 0 fully saturated rings. The number of hydrogen-bond donors (Lipinski definition) is 0. The van der Waals surface area contributed by atoms with Crippen LogP contribution in [-0.2, 0) is 4.79 Å². The van der Waals surface area contributed by atoms with E-state index in [1.807, 2.05) is 18.2 Å². The summed E-state index contributed by atoms with van der Waals surface area (Å²) in [4.78, 5) is 14.1. The summed E-state index contributed by atoms with van der Waals surface area (Å²) in [5.41, 5.74) is 0.907. The van der Waals surface area contributed by atoms with Gasteiger partial charge >= 0.3 is 0 Å². The van der Waals surface area contributed by atoms with E-state index in [1.165, 1.54) is 37.1 Å². The van der Waals surface area contributed by atoms with Gasteiger partial charge in [0.15, 0.2) is 5.75 Å². The number of alkyl halides is 1. The topological polar surface area (TPSA) is 38.8 Å². The van der Waals surface area contributed by atoms with Crippen LogP contribution in [0.15, 0.2) is 72.8 Å². The molecular weight excluding hydrogens is 387 g/mol. The van der Waals surface area contributed by atoms with Gasteiger partial charge in [0, 0.05) is 19.4 Å². The van der Waals surface area contributed by atoms with Crippen molar-refractivity contribution in [1.29, 1.82) is 0 Å². The Morgan fingerprint density at radius 3 is 2.40 bits per heavy atom. The average molecular weight is 410 g/mol. The quantitative estimate of drug-likeness (QED) is 0.452. The van der Waals surface area contributed by atoms with Crippen LogP contribution >= 0.6 is 0 Å². The molecule has 4 nitrogen and oxygen atoms in total. The fraction of sp³-hybridized carbons (Fsp3) is 0.208. The summed E-state index contributed by atoms with van der Waals surface area (Å²) in [5, 5.41) is 0. The van der Waals surface area contributed by atoms with Gasteiger partial charge in [-0.3, -0.25) is 9.18 Å². The first-order chi connectivity index (χ1) is 14.5. The van der Waals surface area contributed by atoms with Gasteiger partial charge in [0.2, 0.25) is 5.91 Å². The van der Waals surface area contributed by atoms with E-state index >= 15 is 0 Å². The minimum atomic E-state index is -0.664. The van der Waals surface area contributed by atoms with Crippen LogP contribution in [0.1, 0.15) is 24.9 Å². The molecule has 1 atom stereocenters. The maximum Gasteiger partial charge on any atom is 0.224 e. The summed E-state index contributed by atoms with van der Waals surface area (Å²) in [6.07, 6.45) is 0.0358. The van der Waals surface area contributed by atoms with Gasteiger partial charge in [0.25, 0.3) is 0 Å². The Labute approximate surface area is 174 Å².